The molecule has 2 aromatic heterocycles. The number of thiazole rings is 1. The number of rotatable bonds is 4. The molecular weight excluding hydrogens is 206 g/mol. The molecule has 0 saturated heterocycles. The zero-order valence-corrected chi connectivity index (χ0v) is 9.92. The second kappa shape index (κ2) is 4.57. The molecular formula is C11H15N3S. The fraction of sp³-hybridized carbons (Fsp3) is 0.455. The molecule has 0 aromatic carbocycles. The van der Waals surface area contributed by atoms with E-state index in [4.69, 9.17) is 0 Å². The van der Waals surface area contributed by atoms with Crippen LogP contribution in [0.5, 0.6) is 0 Å². The van der Waals surface area contributed by atoms with Crippen LogP contribution in [0.2, 0.25) is 0 Å². The summed E-state index contributed by atoms with van der Waals surface area (Å²) in [5.74, 6) is 1.16. The summed E-state index contributed by atoms with van der Waals surface area (Å²) in [5.41, 5.74) is 1.10. The Labute approximate surface area is 93.8 Å². The molecule has 0 amide bonds. The summed E-state index contributed by atoms with van der Waals surface area (Å²) in [6, 6.07) is 0. The van der Waals surface area contributed by atoms with E-state index in [1.807, 2.05) is 19.3 Å². The first-order valence-electron chi connectivity index (χ1n) is 5.20. The van der Waals surface area contributed by atoms with Crippen molar-refractivity contribution in [3.05, 3.63) is 34.3 Å². The van der Waals surface area contributed by atoms with Crippen LogP contribution in [0.3, 0.4) is 0 Å². The van der Waals surface area contributed by atoms with Crippen molar-refractivity contribution in [3.63, 3.8) is 0 Å². The van der Waals surface area contributed by atoms with Crippen molar-refractivity contribution in [1.82, 2.24) is 14.5 Å². The van der Waals surface area contributed by atoms with Crippen LogP contribution in [0.15, 0.2) is 17.8 Å². The third kappa shape index (κ3) is 2.45. The van der Waals surface area contributed by atoms with Crippen molar-refractivity contribution in [2.45, 2.75) is 33.2 Å². The van der Waals surface area contributed by atoms with E-state index >= 15 is 0 Å². The van der Waals surface area contributed by atoms with Crippen molar-refractivity contribution in [2.75, 3.05) is 0 Å². The van der Waals surface area contributed by atoms with Gasteiger partial charge >= 0.3 is 0 Å². The summed E-state index contributed by atoms with van der Waals surface area (Å²) < 4.78 is 2.18. The van der Waals surface area contributed by atoms with Gasteiger partial charge in [-0.2, -0.15) is 0 Å². The highest BCUT2D eigenvalue weighted by Gasteiger charge is 2.04. The fourth-order valence-electron chi connectivity index (χ4n) is 1.56. The fourth-order valence-corrected chi connectivity index (χ4v) is 2.33. The molecule has 0 spiro atoms. The molecule has 2 rings (SSSR count). The minimum absolute atomic E-state index is 0.855. The van der Waals surface area contributed by atoms with Gasteiger partial charge in [0, 0.05) is 29.9 Å². The zero-order valence-electron chi connectivity index (χ0n) is 9.10. The van der Waals surface area contributed by atoms with Gasteiger partial charge in [-0.25, -0.2) is 9.97 Å². The van der Waals surface area contributed by atoms with Gasteiger partial charge in [-0.3, -0.25) is 0 Å². The Morgan fingerprint density at radius 3 is 3.00 bits per heavy atom. The van der Waals surface area contributed by atoms with E-state index in [2.05, 4.69) is 26.8 Å². The third-order valence-electron chi connectivity index (χ3n) is 2.25. The number of aromatic nitrogens is 3. The van der Waals surface area contributed by atoms with Crippen molar-refractivity contribution < 1.29 is 0 Å². The molecule has 15 heavy (non-hydrogen) atoms. The Bertz CT molecular complexity index is 430. The second-order valence-electron chi connectivity index (χ2n) is 3.60. The Kier molecular flexibility index (Phi) is 3.16. The first kappa shape index (κ1) is 10.4. The molecule has 2 heterocycles. The molecule has 0 saturated carbocycles. The average molecular weight is 221 g/mol. The van der Waals surface area contributed by atoms with Crippen LogP contribution in [0.1, 0.15) is 29.9 Å². The van der Waals surface area contributed by atoms with Crippen molar-refractivity contribution in [2.24, 2.45) is 0 Å². The molecule has 2 aromatic rings. The molecule has 0 unspecified atom stereocenters. The number of nitrogens with zero attached hydrogens (tertiary/aromatic N) is 3. The highest BCUT2D eigenvalue weighted by Crippen LogP contribution is 2.12. The van der Waals surface area contributed by atoms with Crippen LogP contribution in [-0.2, 0) is 13.0 Å². The summed E-state index contributed by atoms with van der Waals surface area (Å²) in [6.07, 6.45) is 6.07. The summed E-state index contributed by atoms with van der Waals surface area (Å²) >= 11 is 1.71. The lowest BCUT2D eigenvalue weighted by Crippen LogP contribution is -2.03. The molecule has 0 radical (unpaired) electrons. The molecule has 0 aliphatic rings. The maximum absolute atomic E-state index is 4.46. The van der Waals surface area contributed by atoms with Gasteiger partial charge in [-0.15, -0.1) is 11.3 Å². The van der Waals surface area contributed by atoms with E-state index in [9.17, 15) is 0 Å². The van der Waals surface area contributed by atoms with Gasteiger partial charge in [0.1, 0.15) is 10.8 Å². The van der Waals surface area contributed by atoms with Crippen LogP contribution < -0.4 is 0 Å². The summed E-state index contributed by atoms with van der Waals surface area (Å²) in [7, 11) is 0. The van der Waals surface area contributed by atoms with E-state index in [-0.39, 0.29) is 0 Å². The van der Waals surface area contributed by atoms with Crippen molar-refractivity contribution in [1.29, 1.82) is 0 Å². The lowest BCUT2D eigenvalue weighted by Gasteiger charge is -2.03. The van der Waals surface area contributed by atoms with Gasteiger partial charge < -0.3 is 4.57 Å². The first-order valence-corrected chi connectivity index (χ1v) is 6.08. The lowest BCUT2D eigenvalue weighted by molar-refractivity contribution is 0.701. The second-order valence-corrected chi connectivity index (χ2v) is 4.55. The number of imidazole rings is 1. The molecule has 4 heteroatoms. The quantitative estimate of drug-likeness (QED) is 0.794. The van der Waals surface area contributed by atoms with Gasteiger partial charge in [-0.1, -0.05) is 6.92 Å². The smallest absolute Gasteiger partial charge is 0.113 e. The van der Waals surface area contributed by atoms with E-state index in [1.54, 1.807) is 11.3 Å². The number of hydrogen-bond donors (Lipinski definition) is 0. The van der Waals surface area contributed by atoms with E-state index in [0.29, 0.717) is 0 Å². The maximum atomic E-state index is 4.46. The average Bonchev–Trinajstić information content (AvgIpc) is 2.78. The first-order chi connectivity index (χ1) is 7.29. The van der Waals surface area contributed by atoms with Gasteiger partial charge in [0.15, 0.2) is 0 Å². The topological polar surface area (TPSA) is 30.7 Å². The van der Waals surface area contributed by atoms with Crippen molar-refractivity contribution >= 4 is 11.3 Å². The van der Waals surface area contributed by atoms with Gasteiger partial charge in [0.25, 0.3) is 0 Å². The zero-order chi connectivity index (χ0) is 10.7. The molecule has 0 aliphatic carbocycles. The molecule has 0 fully saturated rings. The van der Waals surface area contributed by atoms with E-state index in [0.717, 1.165) is 35.9 Å². The molecule has 3 nitrogen and oxygen atoms in total. The highest BCUT2D eigenvalue weighted by atomic mass is 32.1. The third-order valence-corrected chi connectivity index (χ3v) is 3.20. The van der Waals surface area contributed by atoms with E-state index < -0.39 is 0 Å². The molecule has 80 valence electrons. The standard InChI is InChI=1S/C11H15N3S/c1-3-4-10-12-5-6-14(10)7-11-13-9(2)8-15-11/h5-6,8H,3-4,7H2,1-2H3. The van der Waals surface area contributed by atoms with Crippen LogP contribution in [0.4, 0.5) is 0 Å². The van der Waals surface area contributed by atoms with Gasteiger partial charge in [-0.05, 0) is 13.3 Å². The molecule has 0 atom stereocenters. The molecule has 0 aliphatic heterocycles. The van der Waals surface area contributed by atoms with E-state index in [1.165, 1.54) is 0 Å². The minimum atomic E-state index is 0.855. The van der Waals surface area contributed by atoms with Crippen LogP contribution in [0, 0.1) is 6.92 Å². The van der Waals surface area contributed by atoms with Crippen molar-refractivity contribution in [3.8, 4) is 0 Å². The predicted molar refractivity (Wildman–Crippen MR) is 62.2 cm³/mol. The number of hydrogen-bond acceptors (Lipinski definition) is 3. The summed E-state index contributed by atoms with van der Waals surface area (Å²) in [4.78, 5) is 8.81. The molecule has 0 N–H and O–H groups in total. The normalized spacial score (nSPS) is 10.8. The number of aryl methyl sites for hydroxylation is 2. The largest absolute Gasteiger partial charge is 0.328 e. The Hall–Kier alpha value is -1.16. The van der Waals surface area contributed by atoms with Gasteiger partial charge in [0.2, 0.25) is 0 Å². The van der Waals surface area contributed by atoms with Crippen LogP contribution in [-0.4, -0.2) is 14.5 Å². The highest BCUT2D eigenvalue weighted by molar-refractivity contribution is 7.09. The van der Waals surface area contributed by atoms with Gasteiger partial charge in [0.05, 0.1) is 6.54 Å². The summed E-state index contributed by atoms with van der Waals surface area (Å²) in [5, 5.41) is 3.24. The Morgan fingerprint density at radius 2 is 2.33 bits per heavy atom. The Balaban J connectivity index is 2.13. The molecule has 0 bridgehead atoms. The minimum Gasteiger partial charge on any atom is -0.328 e. The summed E-state index contributed by atoms with van der Waals surface area (Å²) in [6.45, 7) is 5.06. The SMILES string of the molecule is CCCc1nccn1Cc1nc(C)cs1. The predicted octanol–water partition coefficient (Wildman–Crippen LogP) is 2.65. The monoisotopic (exact) mass is 221 g/mol. The lowest BCUT2D eigenvalue weighted by atomic mass is 10.3. The van der Waals surface area contributed by atoms with Crippen LogP contribution >= 0.6 is 11.3 Å². The Morgan fingerprint density at radius 1 is 1.47 bits per heavy atom. The maximum Gasteiger partial charge on any atom is 0.113 e. The van der Waals surface area contributed by atoms with Crippen LogP contribution in [0.25, 0.3) is 0 Å².